The minimum Gasteiger partial charge on any atom is -0.469 e. The first kappa shape index (κ1) is 23.9. The molecule has 1 spiro atoms. The molecule has 10 heteroatoms. The van der Waals surface area contributed by atoms with Crippen LogP contribution in [0.15, 0.2) is 57.6 Å². The number of carbonyl (C=O) groups excluding carboxylic acids is 1. The molecule has 3 aliphatic heterocycles. The van der Waals surface area contributed by atoms with Gasteiger partial charge >= 0.3 is 0 Å². The van der Waals surface area contributed by atoms with Crippen molar-refractivity contribution in [1.29, 1.82) is 0 Å². The maximum atomic E-state index is 13.2. The van der Waals surface area contributed by atoms with Crippen LogP contribution in [-0.4, -0.2) is 35.3 Å². The number of nitrogens with one attached hydrogen (secondary N) is 2. The predicted molar refractivity (Wildman–Crippen MR) is 141 cm³/mol. The lowest BCUT2D eigenvalue weighted by Gasteiger charge is -2.28. The highest BCUT2D eigenvalue weighted by molar-refractivity contribution is 5.82. The molecule has 39 heavy (non-hydrogen) atoms. The fourth-order valence-electron chi connectivity index (χ4n) is 5.99. The molecule has 2 aromatic carbocycles. The fraction of sp³-hybridized carbons (Fsp3) is 0.345. The molecule has 7 rings (SSSR count). The third-order valence-electron chi connectivity index (χ3n) is 7.82. The van der Waals surface area contributed by atoms with Gasteiger partial charge in [-0.1, -0.05) is 44.2 Å². The van der Waals surface area contributed by atoms with Gasteiger partial charge in [-0.2, -0.15) is 0 Å². The van der Waals surface area contributed by atoms with Gasteiger partial charge in [-0.3, -0.25) is 4.79 Å². The van der Waals surface area contributed by atoms with E-state index in [1.54, 1.807) is 13.4 Å². The second-order valence-corrected chi connectivity index (χ2v) is 10.7. The highest BCUT2D eigenvalue weighted by atomic mass is 16.5. The van der Waals surface area contributed by atoms with Gasteiger partial charge in [0.05, 0.1) is 12.6 Å². The molecule has 4 N–H and O–H groups in total. The number of benzene rings is 2. The summed E-state index contributed by atoms with van der Waals surface area (Å²) in [4.78, 5) is 22.8. The summed E-state index contributed by atoms with van der Waals surface area (Å²) < 4.78 is 24.5. The normalized spacial score (nSPS) is 24.7. The third-order valence-corrected chi connectivity index (χ3v) is 7.82. The molecule has 2 aromatic heterocycles. The second-order valence-electron chi connectivity index (χ2n) is 10.7. The van der Waals surface area contributed by atoms with Crippen molar-refractivity contribution >= 4 is 11.6 Å². The van der Waals surface area contributed by atoms with E-state index < -0.39 is 23.7 Å². The van der Waals surface area contributed by atoms with Crippen LogP contribution in [0.2, 0.25) is 0 Å². The number of para-hydroxylation sites is 1. The van der Waals surface area contributed by atoms with Crippen molar-refractivity contribution in [3.05, 3.63) is 82.8 Å². The number of oxazole rings is 2. The molecule has 0 fully saturated rings. The van der Waals surface area contributed by atoms with Crippen molar-refractivity contribution < 1.29 is 23.1 Å². The van der Waals surface area contributed by atoms with Crippen LogP contribution in [-0.2, 0) is 28.0 Å². The first-order valence-corrected chi connectivity index (χ1v) is 13.1. The van der Waals surface area contributed by atoms with Crippen LogP contribution < -0.4 is 21.1 Å². The number of hydrogen-bond acceptors (Lipinski definition) is 9. The summed E-state index contributed by atoms with van der Waals surface area (Å²) in [7, 11) is 1.60. The Morgan fingerprint density at radius 2 is 2.00 bits per heavy atom. The molecule has 0 aliphatic carbocycles. The molecule has 5 heterocycles. The largest absolute Gasteiger partial charge is 0.469 e. The standard InChI is InChI=1S/C29H29N5O5/c1-14(2)22-27-34-23(26-31-16(12-36-3)13-37-26)24(39-27)29-17-6-4-5-7-20(17)32-28(29)38-21-9-8-15(10-18(21)29)11-19(30)25(35)33-22/h4-10,13-14,19,22,28,32H,11-12,30H2,1-3H3,(H,33,35)/t19-,22-,28?,29-/m0/s1. The lowest BCUT2D eigenvalue weighted by Crippen LogP contribution is -2.45. The van der Waals surface area contributed by atoms with Gasteiger partial charge in [0.25, 0.3) is 0 Å². The minimum atomic E-state index is -0.896. The van der Waals surface area contributed by atoms with E-state index >= 15 is 0 Å². The Labute approximate surface area is 224 Å². The monoisotopic (exact) mass is 527 g/mol. The summed E-state index contributed by atoms with van der Waals surface area (Å²) in [5.41, 5.74) is 10.3. The summed E-state index contributed by atoms with van der Waals surface area (Å²) in [6.07, 6.45) is 1.43. The van der Waals surface area contributed by atoms with Crippen molar-refractivity contribution in [2.75, 3.05) is 12.4 Å². The van der Waals surface area contributed by atoms with E-state index in [1.807, 2.05) is 44.2 Å². The Morgan fingerprint density at radius 1 is 1.15 bits per heavy atom. The Morgan fingerprint density at radius 3 is 2.82 bits per heavy atom. The van der Waals surface area contributed by atoms with Crippen LogP contribution in [0.3, 0.4) is 0 Å². The lowest BCUT2D eigenvalue weighted by molar-refractivity contribution is -0.123. The van der Waals surface area contributed by atoms with E-state index in [9.17, 15) is 4.79 Å². The van der Waals surface area contributed by atoms with Crippen molar-refractivity contribution in [3.63, 3.8) is 0 Å². The van der Waals surface area contributed by atoms with Gasteiger partial charge in [0, 0.05) is 18.4 Å². The SMILES string of the molecule is COCc1coc(-c2nc3oc2[C@@]24c5ccccc5NC2Oc2ccc(cc24)C[C@H](N)C(=O)N[C@H]3C(C)C)n1. The van der Waals surface area contributed by atoms with Gasteiger partial charge in [-0.25, -0.2) is 9.97 Å². The predicted octanol–water partition coefficient (Wildman–Crippen LogP) is 3.65. The molecule has 4 atom stereocenters. The number of ether oxygens (including phenoxy) is 2. The summed E-state index contributed by atoms with van der Waals surface area (Å²) >= 11 is 0. The summed E-state index contributed by atoms with van der Waals surface area (Å²) in [6.45, 7) is 4.29. The third kappa shape index (κ3) is 3.44. The first-order valence-electron chi connectivity index (χ1n) is 13.1. The van der Waals surface area contributed by atoms with Crippen LogP contribution in [0, 0.1) is 5.92 Å². The molecule has 0 saturated carbocycles. The van der Waals surface area contributed by atoms with Crippen LogP contribution in [0.4, 0.5) is 5.69 Å². The average molecular weight is 528 g/mol. The minimum absolute atomic E-state index is 0.0347. The number of aromatic nitrogens is 2. The highest BCUT2D eigenvalue weighted by Crippen LogP contribution is 2.59. The van der Waals surface area contributed by atoms with Crippen LogP contribution in [0.25, 0.3) is 11.6 Å². The number of fused-ring (bicyclic) bond motifs is 4. The van der Waals surface area contributed by atoms with E-state index in [1.165, 1.54) is 0 Å². The topological polar surface area (TPSA) is 138 Å². The number of nitrogens with two attached hydrogens (primary N) is 1. The molecule has 0 radical (unpaired) electrons. The van der Waals surface area contributed by atoms with Crippen LogP contribution in [0.1, 0.15) is 53.9 Å². The number of carbonyl (C=O) groups is 1. The number of methoxy groups -OCH3 is 1. The zero-order chi connectivity index (χ0) is 26.9. The van der Waals surface area contributed by atoms with E-state index in [4.69, 9.17) is 29.0 Å². The Kier molecular flexibility index (Phi) is 5.33. The van der Waals surface area contributed by atoms with Gasteiger partial charge in [-0.15, -0.1) is 0 Å². The molecule has 1 unspecified atom stereocenters. The first-order chi connectivity index (χ1) is 18.9. The molecule has 3 aliphatic rings. The zero-order valence-corrected chi connectivity index (χ0v) is 21.9. The quantitative estimate of drug-likeness (QED) is 0.363. The fourth-order valence-corrected chi connectivity index (χ4v) is 5.99. The van der Waals surface area contributed by atoms with E-state index in [-0.39, 0.29) is 11.8 Å². The van der Waals surface area contributed by atoms with Crippen LogP contribution >= 0.6 is 0 Å². The molecular weight excluding hydrogens is 498 g/mol. The van der Waals surface area contributed by atoms with Gasteiger partial charge in [0.2, 0.25) is 17.7 Å². The lowest BCUT2D eigenvalue weighted by atomic mass is 9.72. The molecular formula is C29H29N5O5. The number of anilines is 1. The summed E-state index contributed by atoms with van der Waals surface area (Å²) in [5.74, 6) is 1.60. The zero-order valence-electron chi connectivity index (χ0n) is 21.9. The van der Waals surface area contributed by atoms with Crippen LogP contribution in [0.5, 0.6) is 5.75 Å². The van der Waals surface area contributed by atoms with Gasteiger partial charge in [0.15, 0.2) is 17.7 Å². The molecule has 4 aromatic rings. The Bertz CT molecular complexity index is 1590. The molecule has 1 amide bonds. The van der Waals surface area contributed by atoms with Gasteiger partial charge < -0.3 is 34.7 Å². The number of amides is 1. The van der Waals surface area contributed by atoms with E-state index in [2.05, 4.69) is 27.8 Å². The number of nitrogens with zero attached hydrogens (tertiary/aromatic N) is 2. The summed E-state index contributed by atoms with van der Waals surface area (Å²) in [5, 5.41) is 6.63. The highest BCUT2D eigenvalue weighted by Gasteiger charge is 2.61. The molecule has 0 saturated heterocycles. The maximum Gasteiger partial charge on any atom is 0.249 e. The van der Waals surface area contributed by atoms with Gasteiger partial charge in [0.1, 0.15) is 29.2 Å². The Balaban J connectivity index is 1.56. The van der Waals surface area contributed by atoms with Gasteiger partial charge in [-0.05, 0) is 35.6 Å². The average Bonchev–Trinajstić information content (AvgIpc) is 3.67. The smallest absolute Gasteiger partial charge is 0.249 e. The number of rotatable bonds is 4. The summed E-state index contributed by atoms with van der Waals surface area (Å²) in [6, 6.07) is 12.8. The maximum absolute atomic E-state index is 13.2. The van der Waals surface area contributed by atoms with Crippen molar-refractivity contribution in [1.82, 2.24) is 15.3 Å². The van der Waals surface area contributed by atoms with Crippen molar-refractivity contribution in [2.45, 2.75) is 50.6 Å². The second kappa shape index (κ2) is 8.69. The van der Waals surface area contributed by atoms with Crippen molar-refractivity contribution in [2.24, 2.45) is 11.7 Å². The Hall–Kier alpha value is -4.15. The van der Waals surface area contributed by atoms with E-state index in [0.717, 1.165) is 28.1 Å². The molecule has 10 nitrogen and oxygen atoms in total. The molecule has 4 bridgehead atoms. The number of hydrogen-bond donors (Lipinski definition) is 3. The molecule has 200 valence electrons. The van der Waals surface area contributed by atoms with Crippen molar-refractivity contribution in [3.8, 4) is 17.3 Å². The van der Waals surface area contributed by atoms with E-state index in [0.29, 0.717) is 42.0 Å².